The largest absolute Gasteiger partial charge is 0.493 e. The monoisotopic (exact) mass is 317 g/mol. The molecule has 0 N–H and O–H groups in total. The third-order valence-electron chi connectivity index (χ3n) is 3.81. The van der Waals surface area contributed by atoms with Crippen LogP contribution in [0.15, 0.2) is 29.6 Å². The predicted octanol–water partition coefficient (Wildman–Crippen LogP) is 3.35. The Labute approximate surface area is 134 Å². The zero-order chi connectivity index (χ0) is 15.5. The average Bonchev–Trinajstić information content (AvgIpc) is 3.02. The molecule has 0 spiro atoms. The van der Waals surface area contributed by atoms with E-state index in [1.165, 1.54) is 10.4 Å². The van der Waals surface area contributed by atoms with Crippen molar-refractivity contribution in [2.24, 2.45) is 0 Å². The van der Waals surface area contributed by atoms with Crippen LogP contribution >= 0.6 is 11.3 Å². The van der Waals surface area contributed by atoms with E-state index < -0.39 is 0 Å². The number of hydrogen-bond donors (Lipinski definition) is 0. The quantitative estimate of drug-likeness (QED) is 0.868. The van der Waals surface area contributed by atoms with E-state index in [0.29, 0.717) is 30.2 Å². The predicted molar refractivity (Wildman–Crippen MR) is 86.9 cm³/mol. The van der Waals surface area contributed by atoms with Gasteiger partial charge in [-0.2, -0.15) is 0 Å². The topological polar surface area (TPSA) is 38.8 Å². The Bertz CT molecular complexity index is 680. The fraction of sp³-hybridized carbons (Fsp3) is 0.353. The van der Waals surface area contributed by atoms with E-state index >= 15 is 0 Å². The summed E-state index contributed by atoms with van der Waals surface area (Å²) in [4.78, 5) is 16.0. The highest BCUT2D eigenvalue weighted by molar-refractivity contribution is 7.10. The van der Waals surface area contributed by atoms with E-state index in [2.05, 4.69) is 11.4 Å². The Morgan fingerprint density at radius 2 is 2.18 bits per heavy atom. The lowest BCUT2D eigenvalue weighted by molar-refractivity contribution is 0.0735. The Balaban J connectivity index is 1.81. The molecule has 0 aliphatic carbocycles. The molecule has 22 heavy (non-hydrogen) atoms. The molecule has 0 atom stereocenters. The molecule has 0 radical (unpaired) electrons. The highest BCUT2D eigenvalue weighted by Gasteiger charge is 2.23. The first-order valence-electron chi connectivity index (χ1n) is 7.38. The van der Waals surface area contributed by atoms with Gasteiger partial charge in [-0.25, -0.2) is 0 Å². The van der Waals surface area contributed by atoms with Gasteiger partial charge in [0.05, 0.1) is 13.7 Å². The number of ether oxygens (including phenoxy) is 2. The van der Waals surface area contributed by atoms with Crippen LogP contribution in [0.3, 0.4) is 0 Å². The van der Waals surface area contributed by atoms with Gasteiger partial charge in [-0.15, -0.1) is 11.3 Å². The minimum Gasteiger partial charge on any atom is -0.493 e. The number of nitrogens with zero attached hydrogens (tertiary/aromatic N) is 1. The second kappa shape index (κ2) is 6.40. The van der Waals surface area contributed by atoms with Crippen molar-refractivity contribution in [1.29, 1.82) is 0 Å². The van der Waals surface area contributed by atoms with Crippen molar-refractivity contribution in [1.82, 2.24) is 4.90 Å². The maximum Gasteiger partial charge on any atom is 0.254 e. The molecule has 0 bridgehead atoms. The molecule has 2 heterocycles. The summed E-state index contributed by atoms with van der Waals surface area (Å²) in [5.74, 6) is 1.31. The summed E-state index contributed by atoms with van der Waals surface area (Å²) in [7, 11) is 1.59. The molecule has 1 aliphatic rings. The summed E-state index contributed by atoms with van der Waals surface area (Å²) in [5, 5.41) is 2.10. The van der Waals surface area contributed by atoms with Crippen molar-refractivity contribution in [3.63, 3.8) is 0 Å². The lowest BCUT2D eigenvalue weighted by Crippen LogP contribution is -2.35. The van der Waals surface area contributed by atoms with Crippen LogP contribution in [-0.2, 0) is 13.0 Å². The van der Waals surface area contributed by atoms with Gasteiger partial charge in [0, 0.05) is 23.5 Å². The molecule has 4 nitrogen and oxygen atoms in total. The fourth-order valence-electron chi connectivity index (χ4n) is 2.68. The molecule has 5 heteroatoms. The number of amides is 1. The van der Waals surface area contributed by atoms with Crippen LogP contribution in [0.2, 0.25) is 0 Å². The lowest BCUT2D eigenvalue weighted by Gasteiger charge is -2.27. The Hall–Kier alpha value is -2.01. The standard InChI is InChI=1S/C17H19NO3S/c1-3-21-14-5-4-12(10-15(14)20-2)17(19)18-8-6-16-13(11-18)7-9-22-16/h4-5,7,9-10H,3,6,8,11H2,1-2H3. The Morgan fingerprint density at radius 1 is 1.32 bits per heavy atom. The molecule has 0 saturated carbocycles. The maximum absolute atomic E-state index is 12.7. The van der Waals surface area contributed by atoms with Crippen molar-refractivity contribution < 1.29 is 14.3 Å². The van der Waals surface area contributed by atoms with E-state index in [-0.39, 0.29) is 5.91 Å². The molecule has 1 amide bonds. The lowest BCUT2D eigenvalue weighted by atomic mass is 10.1. The number of thiophene rings is 1. The maximum atomic E-state index is 12.7. The Morgan fingerprint density at radius 3 is 2.95 bits per heavy atom. The molecule has 0 fully saturated rings. The molecule has 116 valence electrons. The number of hydrogen-bond acceptors (Lipinski definition) is 4. The molecule has 3 rings (SSSR count). The molecular weight excluding hydrogens is 298 g/mol. The van der Waals surface area contributed by atoms with E-state index in [1.54, 1.807) is 36.6 Å². The summed E-state index contributed by atoms with van der Waals surface area (Å²) in [6.07, 6.45) is 0.937. The second-order valence-corrected chi connectivity index (χ2v) is 6.15. The van der Waals surface area contributed by atoms with Crippen molar-refractivity contribution in [3.05, 3.63) is 45.6 Å². The number of rotatable bonds is 4. The molecule has 0 unspecified atom stereocenters. The third-order valence-corrected chi connectivity index (χ3v) is 4.83. The van der Waals surface area contributed by atoms with E-state index in [1.807, 2.05) is 11.8 Å². The molecule has 1 aromatic carbocycles. The van der Waals surface area contributed by atoms with E-state index in [4.69, 9.17) is 9.47 Å². The van der Waals surface area contributed by atoms with Crippen LogP contribution in [0.1, 0.15) is 27.7 Å². The number of fused-ring (bicyclic) bond motifs is 1. The molecule has 1 aliphatic heterocycles. The first-order valence-corrected chi connectivity index (χ1v) is 8.26. The van der Waals surface area contributed by atoms with Crippen LogP contribution in [0, 0.1) is 0 Å². The fourth-order valence-corrected chi connectivity index (χ4v) is 3.57. The smallest absolute Gasteiger partial charge is 0.254 e. The van der Waals surface area contributed by atoms with Crippen LogP contribution in [0.25, 0.3) is 0 Å². The molecule has 0 saturated heterocycles. The first kappa shape index (κ1) is 14.9. The number of methoxy groups -OCH3 is 1. The van der Waals surface area contributed by atoms with Crippen LogP contribution in [-0.4, -0.2) is 31.1 Å². The molecule has 1 aromatic heterocycles. The van der Waals surface area contributed by atoms with Gasteiger partial charge in [-0.05, 0) is 48.6 Å². The van der Waals surface area contributed by atoms with Crippen LogP contribution in [0.5, 0.6) is 11.5 Å². The van der Waals surface area contributed by atoms with Gasteiger partial charge in [-0.3, -0.25) is 4.79 Å². The van der Waals surface area contributed by atoms with Crippen molar-refractivity contribution in [2.75, 3.05) is 20.3 Å². The number of benzene rings is 1. The molecule has 2 aromatic rings. The SMILES string of the molecule is CCOc1ccc(C(=O)N2CCc3sccc3C2)cc1OC. The van der Waals surface area contributed by atoms with Gasteiger partial charge in [-0.1, -0.05) is 0 Å². The highest BCUT2D eigenvalue weighted by atomic mass is 32.1. The van der Waals surface area contributed by atoms with Gasteiger partial charge < -0.3 is 14.4 Å². The summed E-state index contributed by atoms with van der Waals surface area (Å²) in [5.41, 5.74) is 1.90. The summed E-state index contributed by atoms with van der Waals surface area (Å²) in [6, 6.07) is 7.48. The van der Waals surface area contributed by atoms with Crippen LogP contribution in [0.4, 0.5) is 0 Å². The summed E-state index contributed by atoms with van der Waals surface area (Å²) in [6.45, 7) is 3.94. The van der Waals surface area contributed by atoms with Gasteiger partial charge in [0.2, 0.25) is 0 Å². The van der Waals surface area contributed by atoms with Crippen molar-refractivity contribution >= 4 is 17.2 Å². The Kier molecular flexibility index (Phi) is 4.34. The number of carbonyl (C=O) groups is 1. The zero-order valence-electron chi connectivity index (χ0n) is 12.8. The van der Waals surface area contributed by atoms with Gasteiger partial charge >= 0.3 is 0 Å². The first-order chi connectivity index (χ1) is 10.7. The van der Waals surface area contributed by atoms with Gasteiger partial charge in [0.25, 0.3) is 5.91 Å². The normalized spacial score (nSPS) is 13.6. The minimum atomic E-state index is 0.0400. The number of carbonyl (C=O) groups excluding carboxylic acids is 1. The summed E-state index contributed by atoms with van der Waals surface area (Å²) < 4.78 is 10.8. The third kappa shape index (κ3) is 2.81. The van der Waals surface area contributed by atoms with Crippen molar-refractivity contribution in [3.8, 4) is 11.5 Å². The van der Waals surface area contributed by atoms with Crippen LogP contribution < -0.4 is 9.47 Å². The minimum absolute atomic E-state index is 0.0400. The van der Waals surface area contributed by atoms with E-state index in [9.17, 15) is 4.79 Å². The second-order valence-electron chi connectivity index (χ2n) is 5.14. The zero-order valence-corrected chi connectivity index (χ0v) is 13.6. The average molecular weight is 317 g/mol. The van der Waals surface area contributed by atoms with E-state index in [0.717, 1.165) is 13.0 Å². The summed E-state index contributed by atoms with van der Waals surface area (Å²) >= 11 is 1.77. The molecular formula is C17H19NO3S. The van der Waals surface area contributed by atoms with Gasteiger partial charge in [0.15, 0.2) is 11.5 Å². The van der Waals surface area contributed by atoms with Crippen molar-refractivity contribution in [2.45, 2.75) is 19.9 Å². The van der Waals surface area contributed by atoms with Gasteiger partial charge in [0.1, 0.15) is 0 Å². The highest BCUT2D eigenvalue weighted by Crippen LogP contribution is 2.30.